The molecular formula is C35H34N2O9. The van der Waals surface area contributed by atoms with Crippen LogP contribution < -0.4 is 35.7 Å². The van der Waals surface area contributed by atoms with Gasteiger partial charge in [0.05, 0.1) is 54.9 Å². The van der Waals surface area contributed by atoms with Gasteiger partial charge in [-0.25, -0.2) is 0 Å². The molecule has 1 atom stereocenters. The van der Waals surface area contributed by atoms with Crippen molar-refractivity contribution in [3.63, 3.8) is 0 Å². The number of carbonyl (C=O) groups is 1. The number of ketones is 1. The topological polar surface area (TPSA) is 164 Å². The molecule has 7 rings (SSSR count). The zero-order chi connectivity index (χ0) is 32.8. The number of phenols is 1. The second-order valence-electron chi connectivity index (χ2n) is 12.3. The summed E-state index contributed by atoms with van der Waals surface area (Å²) in [5.41, 5.74) is 1.21. The lowest BCUT2D eigenvalue weighted by molar-refractivity contribution is -0.117. The number of allylic oxidation sites excluding steroid dienone is 1. The maximum absolute atomic E-state index is 14.2. The van der Waals surface area contributed by atoms with Crippen LogP contribution in [-0.4, -0.2) is 67.7 Å². The van der Waals surface area contributed by atoms with Crippen molar-refractivity contribution in [1.82, 2.24) is 0 Å². The third kappa shape index (κ3) is 3.69. The van der Waals surface area contributed by atoms with Gasteiger partial charge in [0.25, 0.3) is 0 Å². The molecule has 46 heavy (non-hydrogen) atoms. The quantitative estimate of drug-likeness (QED) is 0.125. The number of hydrogen-bond donors (Lipinski definition) is 5. The third-order valence-corrected chi connectivity index (χ3v) is 9.86. The molecule has 1 aliphatic heterocycles. The zero-order valence-electron chi connectivity index (χ0n) is 26.1. The number of nitrogens with one attached hydrogen (secondary N) is 2. The molecule has 0 bridgehead atoms. The molecule has 0 amide bonds. The maximum atomic E-state index is 14.2. The fourth-order valence-electron chi connectivity index (χ4n) is 8.02. The molecule has 11 nitrogen and oxygen atoms in total. The van der Waals surface area contributed by atoms with Crippen LogP contribution in [0.4, 0.5) is 11.4 Å². The fourth-order valence-corrected chi connectivity index (χ4v) is 8.02. The second kappa shape index (κ2) is 10.3. The minimum absolute atomic E-state index is 0.0000263. The van der Waals surface area contributed by atoms with E-state index in [1.165, 1.54) is 40.4 Å². The van der Waals surface area contributed by atoms with Gasteiger partial charge in [-0.15, -0.1) is 0 Å². The molecule has 2 aliphatic rings. The monoisotopic (exact) mass is 626 g/mol. The Morgan fingerprint density at radius 1 is 0.848 bits per heavy atom. The van der Waals surface area contributed by atoms with E-state index in [0.717, 1.165) is 0 Å². The normalized spacial score (nSPS) is 16.8. The average molecular weight is 627 g/mol. The van der Waals surface area contributed by atoms with E-state index in [9.17, 15) is 29.7 Å². The van der Waals surface area contributed by atoms with Gasteiger partial charge in [0, 0.05) is 69.9 Å². The first kappa shape index (κ1) is 29.8. The molecule has 5 aromatic rings. The SMILES string of the molecule is COc1c(O)c2c(=O)cc(OC)c3c4c(OC)cc(=O)c5c6c(c7c(c(c1C(C(C)=O)C(C)=C7)c23)c54)NCC(CCO)(CCO)N6. The Bertz CT molecular complexity index is 2270. The van der Waals surface area contributed by atoms with Crippen LogP contribution in [0.1, 0.15) is 43.7 Å². The lowest BCUT2D eigenvalue weighted by atomic mass is 9.80. The average Bonchev–Trinajstić information content (AvgIpc) is 3.15. The Hall–Kier alpha value is -4.87. The Morgan fingerprint density at radius 3 is 1.98 bits per heavy atom. The number of aliphatic hydroxyl groups excluding tert-OH is 2. The van der Waals surface area contributed by atoms with E-state index in [0.29, 0.717) is 85.2 Å². The van der Waals surface area contributed by atoms with E-state index in [2.05, 4.69) is 10.6 Å². The van der Waals surface area contributed by atoms with Gasteiger partial charge in [-0.2, -0.15) is 0 Å². The van der Waals surface area contributed by atoms with Crippen molar-refractivity contribution in [2.24, 2.45) is 0 Å². The van der Waals surface area contributed by atoms with Crippen LogP contribution in [0.5, 0.6) is 23.0 Å². The fraction of sp³-hybridized carbons (Fsp3) is 0.343. The highest BCUT2D eigenvalue weighted by atomic mass is 16.5. The summed E-state index contributed by atoms with van der Waals surface area (Å²) in [6, 6.07) is 2.68. The van der Waals surface area contributed by atoms with Crippen molar-refractivity contribution < 1.29 is 34.3 Å². The van der Waals surface area contributed by atoms with Gasteiger partial charge in [0.1, 0.15) is 17.3 Å². The highest BCUT2D eigenvalue weighted by molar-refractivity contribution is 6.41. The molecule has 0 saturated heterocycles. The van der Waals surface area contributed by atoms with Crippen molar-refractivity contribution in [3.8, 4) is 23.0 Å². The maximum Gasteiger partial charge on any atom is 0.194 e. The number of fused-ring (bicyclic) bond motifs is 4. The smallest absolute Gasteiger partial charge is 0.194 e. The lowest BCUT2D eigenvalue weighted by Crippen LogP contribution is -2.49. The van der Waals surface area contributed by atoms with Crippen LogP contribution in [0.3, 0.4) is 0 Å². The summed E-state index contributed by atoms with van der Waals surface area (Å²) in [6.45, 7) is 3.33. The Labute approximate surface area is 262 Å². The van der Waals surface area contributed by atoms with E-state index in [1.807, 2.05) is 13.0 Å². The summed E-state index contributed by atoms with van der Waals surface area (Å²) < 4.78 is 17.4. The standard InChI is InChI=1S/C35H34N2O9/c1-14-10-16-22-27-23(32-31(16)36-13-35(37-32,6-8-38)7-9-39)17(41)11-19(44-3)25(27)26-20(45-4)12-18(42)24-29(26)28(22)30(21(14)15(2)40)34(46-5)33(24)43/h10-12,21,36-39,43H,6-9,13H2,1-5H3. The van der Waals surface area contributed by atoms with E-state index < -0.39 is 16.9 Å². The van der Waals surface area contributed by atoms with E-state index in [-0.39, 0.29) is 52.8 Å². The van der Waals surface area contributed by atoms with E-state index in [1.54, 1.807) is 0 Å². The second-order valence-corrected chi connectivity index (χ2v) is 12.3. The molecule has 0 aromatic heterocycles. The summed E-state index contributed by atoms with van der Waals surface area (Å²) >= 11 is 0. The first-order chi connectivity index (χ1) is 22.1. The Kier molecular flexibility index (Phi) is 6.70. The third-order valence-electron chi connectivity index (χ3n) is 9.86. The lowest BCUT2D eigenvalue weighted by Gasteiger charge is -2.41. The van der Waals surface area contributed by atoms with Crippen LogP contribution in [-0.2, 0) is 4.79 Å². The summed E-state index contributed by atoms with van der Waals surface area (Å²) in [5.74, 6) is -0.986. The number of benzene rings is 5. The molecule has 0 saturated carbocycles. The molecule has 1 heterocycles. The van der Waals surface area contributed by atoms with Crippen molar-refractivity contribution in [2.75, 3.05) is 51.7 Å². The van der Waals surface area contributed by atoms with E-state index >= 15 is 0 Å². The zero-order valence-corrected chi connectivity index (χ0v) is 26.1. The summed E-state index contributed by atoms with van der Waals surface area (Å²) in [7, 11) is 4.27. The molecule has 1 unspecified atom stereocenters. The minimum Gasteiger partial charge on any atom is -0.504 e. The van der Waals surface area contributed by atoms with Gasteiger partial charge < -0.3 is 40.2 Å². The summed E-state index contributed by atoms with van der Waals surface area (Å²) in [6.07, 6.45) is 2.51. The first-order valence-electron chi connectivity index (χ1n) is 15.1. The van der Waals surface area contributed by atoms with Crippen LogP contribution in [0, 0.1) is 0 Å². The van der Waals surface area contributed by atoms with Crippen LogP contribution >= 0.6 is 0 Å². The van der Waals surface area contributed by atoms with Gasteiger partial charge in [0.2, 0.25) is 0 Å². The van der Waals surface area contributed by atoms with Gasteiger partial charge in [0.15, 0.2) is 22.4 Å². The van der Waals surface area contributed by atoms with Crippen LogP contribution in [0.2, 0.25) is 0 Å². The largest absolute Gasteiger partial charge is 0.504 e. The van der Waals surface area contributed by atoms with Gasteiger partial charge in [-0.3, -0.25) is 14.4 Å². The highest BCUT2D eigenvalue weighted by Crippen LogP contribution is 2.58. The number of Topliss-reactive ketones (excluding diaryl/α,β-unsaturated/α-hetero) is 1. The molecule has 11 heteroatoms. The predicted octanol–water partition coefficient (Wildman–Crippen LogP) is 4.06. The summed E-state index contributed by atoms with van der Waals surface area (Å²) in [5, 5.41) is 42.0. The molecule has 0 spiro atoms. The predicted molar refractivity (Wildman–Crippen MR) is 178 cm³/mol. The molecule has 5 aromatic carbocycles. The van der Waals surface area contributed by atoms with Gasteiger partial charge in [-0.1, -0.05) is 11.6 Å². The van der Waals surface area contributed by atoms with Crippen molar-refractivity contribution in [1.29, 1.82) is 0 Å². The molecule has 238 valence electrons. The number of hydrogen-bond acceptors (Lipinski definition) is 11. The van der Waals surface area contributed by atoms with Crippen molar-refractivity contribution in [2.45, 2.75) is 38.1 Å². The van der Waals surface area contributed by atoms with Crippen LogP contribution in [0.15, 0.2) is 27.3 Å². The van der Waals surface area contributed by atoms with E-state index in [4.69, 9.17) is 14.2 Å². The molecule has 0 radical (unpaired) electrons. The molecule has 0 fully saturated rings. The van der Waals surface area contributed by atoms with Gasteiger partial charge in [-0.05, 0) is 32.1 Å². The summed E-state index contributed by atoms with van der Waals surface area (Å²) in [4.78, 5) is 41.5. The number of aromatic hydroxyl groups is 1. The molecular weight excluding hydrogens is 592 g/mol. The van der Waals surface area contributed by atoms with Crippen LogP contribution in [0.25, 0.3) is 49.2 Å². The number of rotatable bonds is 8. The van der Waals surface area contributed by atoms with Crippen molar-refractivity contribution in [3.05, 3.63) is 49.3 Å². The Balaban J connectivity index is 1.89. The number of carbonyl (C=O) groups excluding carboxylic acids is 1. The minimum atomic E-state index is -0.856. The molecule has 5 N–H and O–H groups in total. The number of aliphatic hydroxyl groups is 2. The number of methoxy groups -OCH3 is 3. The number of phenolic OH excluding ortho intramolecular Hbond substituents is 1. The Morgan fingerprint density at radius 2 is 1.43 bits per heavy atom. The highest BCUT2D eigenvalue weighted by Gasteiger charge is 2.40. The number of anilines is 2. The van der Waals surface area contributed by atoms with Crippen molar-refractivity contribution >= 4 is 66.3 Å². The number of ether oxygens (including phenoxy) is 3. The van der Waals surface area contributed by atoms with Gasteiger partial charge >= 0.3 is 0 Å². The molecule has 1 aliphatic carbocycles. The first-order valence-corrected chi connectivity index (χ1v) is 15.1.